The molecule has 0 bridgehead atoms. The normalized spacial score (nSPS) is 20.4. The van der Waals surface area contributed by atoms with Gasteiger partial charge in [-0.1, -0.05) is 13.3 Å². The molecule has 1 aromatic heterocycles. The standard InChI is InChI=1S/C20H24F2N4O2/c1-2-8-25-13-23-24-19(25)15-10-26(12-20(15)6-3-7-20)18(27)11-28-17-5-4-14(21)9-16(17)22/h4-5,9,13,15H,2-3,6-8,10-12H2,1H3. The second kappa shape index (κ2) is 7.48. The van der Waals surface area contributed by atoms with Crippen LogP contribution >= 0.6 is 0 Å². The second-order valence-electron chi connectivity index (χ2n) is 7.79. The average Bonchev–Trinajstić information content (AvgIpc) is 3.25. The van der Waals surface area contributed by atoms with E-state index in [1.807, 2.05) is 0 Å². The Balaban J connectivity index is 1.45. The van der Waals surface area contributed by atoms with Crippen LogP contribution in [0.15, 0.2) is 24.5 Å². The van der Waals surface area contributed by atoms with Crippen LogP contribution in [0.5, 0.6) is 5.75 Å². The van der Waals surface area contributed by atoms with E-state index in [4.69, 9.17) is 4.74 Å². The largest absolute Gasteiger partial charge is 0.481 e. The van der Waals surface area contributed by atoms with Crippen LogP contribution in [0.2, 0.25) is 0 Å². The highest BCUT2D eigenvalue weighted by atomic mass is 19.1. The molecule has 1 saturated heterocycles. The fourth-order valence-electron chi connectivity index (χ4n) is 4.42. The summed E-state index contributed by atoms with van der Waals surface area (Å²) < 4.78 is 34.1. The van der Waals surface area contributed by atoms with Crippen LogP contribution in [0.25, 0.3) is 0 Å². The number of amides is 1. The number of hydrogen-bond acceptors (Lipinski definition) is 4. The summed E-state index contributed by atoms with van der Waals surface area (Å²) in [6.45, 7) is 3.92. The zero-order valence-corrected chi connectivity index (χ0v) is 15.9. The number of nitrogens with zero attached hydrogens (tertiary/aromatic N) is 4. The number of carbonyl (C=O) groups is 1. The quantitative estimate of drug-likeness (QED) is 0.760. The first-order chi connectivity index (χ1) is 13.5. The number of rotatable bonds is 6. The molecule has 1 saturated carbocycles. The van der Waals surface area contributed by atoms with Gasteiger partial charge in [0.1, 0.15) is 18.0 Å². The van der Waals surface area contributed by atoms with Gasteiger partial charge in [0, 0.05) is 31.6 Å². The molecule has 1 unspecified atom stereocenters. The number of likely N-dealkylation sites (tertiary alicyclic amines) is 1. The summed E-state index contributed by atoms with van der Waals surface area (Å²) in [6.07, 6.45) is 6.03. The smallest absolute Gasteiger partial charge is 0.260 e. The van der Waals surface area contributed by atoms with Gasteiger partial charge in [-0.05, 0) is 36.8 Å². The summed E-state index contributed by atoms with van der Waals surface area (Å²) in [5.74, 6) is -0.702. The molecule has 1 amide bonds. The lowest BCUT2D eigenvalue weighted by Crippen LogP contribution is -2.39. The minimum atomic E-state index is -0.810. The van der Waals surface area contributed by atoms with Crippen LogP contribution in [0, 0.1) is 17.0 Å². The molecule has 2 fully saturated rings. The highest BCUT2D eigenvalue weighted by molar-refractivity contribution is 5.78. The Kier molecular flexibility index (Phi) is 5.03. The van der Waals surface area contributed by atoms with E-state index in [9.17, 15) is 13.6 Å². The van der Waals surface area contributed by atoms with Crippen molar-refractivity contribution in [3.63, 3.8) is 0 Å². The van der Waals surface area contributed by atoms with Crippen LogP contribution in [-0.4, -0.2) is 45.3 Å². The number of carbonyl (C=O) groups excluding carboxylic acids is 1. The van der Waals surface area contributed by atoms with Gasteiger partial charge in [-0.2, -0.15) is 0 Å². The average molecular weight is 390 g/mol. The summed E-state index contributed by atoms with van der Waals surface area (Å²) in [6, 6.07) is 3.06. The van der Waals surface area contributed by atoms with E-state index in [0.717, 1.165) is 50.2 Å². The predicted molar refractivity (Wildman–Crippen MR) is 97.8 cm³/mol. The first-order valence-corrected chi connectivity index (χ1v) is 9.76. The second-order valence-corrected chi connectivity index (χ2v) is 7.79. The summed E-state index contributed by atoms with van der Waals surface area (Å²) in [5.41, 5.74) is 0.0509. The maximum absolute atomic E-state index is 13.7. The Bertz CT molecular complexity index is 866. The molecule has 0 radical (unpaired) electrons. The minimum absolute atomic E-state index is 0.0509. The van der Waals surface area contributed by atoms with Gasteiger partial charge >= 0.3 is 0 Å². The van der Waals surface area contributed by atoms with Crippen LogP contribution in [-0.2, 0) is 11.3 Å². The summed E-state index contributed by atoms with van der Waals surface area (Å²) in [4.78, 5) is 14.5. The van der Waals surface area contributed by atoms with Crippen molar-refractivity contribution in [3.05, 3.63) is 42.0 Å². The number of aromatic nitrogens is 3. The molecular weight excluding hydrogens is 366 g/mol. The third kappa shape index (κ3) is 3.36. The Labute approximate surface area is 162 Å². The molecule has 28 heavy (non-hydrogen) atoms. The fraction of sp³-hybridized carbons (Fsp3) is 0.550. The summed E-state index contributed by atoms with van der Waals surface area (Å²) in [7, 11) is 0. The fourth-order valence-corrected chi connectivity index (χ4v) is 4.42. The minimum Gasteiger partial charge on any atom is -0.481 e. The number of benzene rings is 1. The molecule has 0 N–H and O–H groups in total. The number of hydrogen-bond donors (Lipinski definition) is 0. The van der Waals surface area contributed by atoms with Gasteiger partial charge in [-0.25, -0.2) is 8.78 Å². The van der Waals surface area contributed by atoms with Crippen molar-refractivity contribution in [3.8, 4) is 5.75 Å². The lowest BCUT2D eigenvalue weighted by molar-refractivity contribution is -0.133. The van der Waals surface area contributed by atoms with Crippen molar-refractivity contribution >= 4 is 5.91 Å². The zero-order chi connectivity index (χ0) is 19.7. The predicted octanol–water partition coefficient (Wildman–Crippen LogP) is 3.14. The Hall–Kier alpha value is -2.51. The molecule has 8 heteroatoms. The van der Waals surface area contributed by atoms with Crippen LogP contribution in [0.3, 0.4) is 0 Å². The van der Waals surface area contributed by atoms with Crippen molar-refractivity contribution in [2.75, 3.05) is 19.7 Å². The van der Waals surface area contributed by atoms with Gasteiger partial charge in [0.05, 0.1) is 0 Å². The highest BCUT2D eigenvalue weighted by Gasteiger charge is 2.53. The van der Waals surface area contributed by atoms with Gasteiger partial charge < -0.3 is 14.2 Å². The SMILES string of the molecule is CCCn1cnnc1C1CN(C(=O)COc2ccc(F)cc2F)CC12CCC2. The van der Waals surface area contributed by atoms with E-state index in [2.05, 4.69) is 21.7 Å². The molecule has 1 aliphatic carbocycles. The molecule has 6 nitrogen and oxygen atoms in total. The van der Waals surface area contributed by atoms with Gasteiger partial charge in [-0.3, -0.25) is 4.79 Å². The monoisotopic (exact) mass is 390 g/mol. The maximum Gasteiger partial charge on any atom is 0.260 e. The van der Waals surface area contributed by atoms with Crippen molar-refractivity contribution in [1.29, 1.82) is 0 Å². The molecule has 2 heterocycles. The van der Waals surface area contributed by atoms with Gasteiger partial charge in [-0.15, -0.1) is 10.2 Å². The molecule has 2 aliphatic rings. The molecule has 1 aliphatic heterocycles. The lowest BCUT2D eigenvalue weighted by atomic mass is 9.62. The Morgan fingerprint density at radius 3 is 2.86 bits per heavy atom. The lowest BCUT2D eigenvalue weighted by Gasteiger charge is -2.42. The van der Waals surface area contributed by atoms with Gasteiger partial charge in [0.25, 0.3) is 5.91 Å². The third-order valence-corrected chi connectivity index (χ3v) is 6.02. The first kappa shape index (κ1) is 18.8. The molecule has 2 aromatic rings. The van der Waals surface area contributed by atoms with Crippen molar-refractivity contribution < 1.29 is 18.3 Å². The molecule has 150 valence electrons. The van der Waals surface area contributed by atoms with Crippen LogP contribution in [0.1, 0.15) is 44.3 Å². The van der Waals surface area contributed by atoms with Crippen molar-refractivity contribution in [2.45, 2.75) is 45.1 Å². The third-order valence-electron chi connectivity index (χ3n) is 6.02. The highest BCUT2D eigenvalue weighted by Crippen LogP contribution is 2.55. The zero-order valence-electron chi connectivity index (χ0n) is 15.9. The van der Waals surface area contributed by atoms with E-state index in [0.29, 0.717) is 13.1 Å². The van der Waals surface area contributed by atoms with E-state index < -0.39 is 11.6 Å². The molecule has 1 aromatic carbocycles. The van der Waals surface area contributed by atoms with E-state index in [1.54, 1.807) is 11.2 Å². The number of aryl methyl sites for hydroxylation is 1. The van der Waals surface area contributed by atoms with Crippen LogP contribution in [0.4, 0.5) is 8.78 Å². The van der Waals surface area contributed by atoms with E-state index in [1.165, 1.54) is 6.07 Å². The van der Waals surface area contributed by atoms with Crippen molar-refractivity contribution in [1.82, 2.24) is 19.7 Å². The number of halogens is 2. The first-order valence-electron chi connectivity index (χ1n) is 9.76. The molecule has 1 atom stereocenters. The summed E-state index contributed by atoms with van der Waals surface area (Å²) in [5, 5.41) is 8.44. The maximum atomic E-state index is 13.7. The topological polar surface area (TPSA) is 60.2 Å². The molecule has 4 rings (SSSR count). The van der Waals surface area contributed by atoms with Crippen LogP contribution < -0.4 is 4.74 Å². The van der Waals surface area contributed by atoms with Gasteiger partial charge in [0.2, 0.25) is 0 Å². The molecule has 1 spiro atoms. The Morgan fingerprint density at radius 2 is 2.18 bits per heavy atom. The molecular formula is C20H24F2N4O2. The van der Waals surface area contributed by atoms with E-state index >= 15 is 0 Å². The number of ether oxygens (including phenoxy) is 1. The van der Waals surface area contributed by atoms with Gasteiger partial charge in [0.15, 0.2) is 18.2 Å². The summed E-state index contributed by atoms with van der Waals surface area (Å²) >= 11 is 0. The van der Waals surface area contributed by atoms with Crippen molar-refractivity contribution in [2.24, 2.45) is 5.41 Å². The Morgan fingerprint density at radius 1 is 1.36 bits per heavy atom. The van der Waals surface area contributed by atoms with E-state index in [-0.39, 0.29) is 29.6 Å².